The molecule has 2 aliphatic rings. The van der Waals surface area contributed by atoms with Gasteiger partial charge in [0.25, 0.3) is 0 Å². The highest BCUT2D eigenvalue weighted by Crippen LogP contribution is 2.34. The fraction of sp³-hybridized carbons (Fsp3) is 0.571. The second-order valence-corrected chi connectivity index (χ2v) is 4.65. The fourth-order valence-corrected chi connectivity index (χ4v) is 2.74. The van der Waals surface area contributed by atoms with E-state index < -0.39 is 0 Å². The molecule has 0 saturated carbocycles. The van der Waals surface area contributed by atoms with Crippen molar-refractivity contribution in [3.05, 3.63) is 35.4 Å². The standard InChI is InChI=1S/C14H18O2/c1-2-6-12-11(5-1)8-10-16-14(12)13-7-3-4-9-15-13/h1-2,5-6,13-14H,3-4,7-10H2. The van der Waals surface area contributed by atoms with E-state index in [0.29, 0.717) is 0 Å². The van der Waals surface area contributed by atoms with Crippen LogP contribution in [0.1, 0.15) is 36.5 Å². The Bertz CT molecular complexity index is 356. The molecule has 0 N–H and O–H groups in total. The zero-order chi connectivity index (χ0) is 10.8. The zero-order valence-corrected chi connectivity index (χ0v) is 9.52. The lowest BCUT2D eigenvalue weighted by molar-refractivity contribution is -0.0987. The molecular weight excluding hydrogens is 200 g/mol. The van der Waals surface area contributed by atoms with Gasteiger partial charge in [-0.3, -0.25) is 0 Å². The van der Waals surface area contributed by atoms with Crippen LogP contribution in [0, 0.1) is 0 Å². The number of rotatable bonds is 1. The van der Waals surface area contributed by atoms with Crippen molar-refractivity contribution < 1.29 is 9.47 Å². The molecule has 16 heavy (non-hydrogen) atoms. The molecule has 1 fully saturated rings. The van der Waals surface area contributed by atoms with E-state index in [9.17, 15) is 0 Å². The molecule has 0 aliphatic carbocycles. The first-order valence-corrected chi connectivity index (χ1v) is 6.26. The Morgan fingerprint density at radius 3 is 2.81 bits per heavy atom. The highest BCUT2D eigenvalue weighted by molar-refractivity contribution is 5.31. The van der Waals surface area contributed by atoms with Crippen molar-refractivity contribution in [3.8, 4) is 0 Å². The third-order valence-electron chi connectivity index (χ3n) is 3.58. The van der Waals surface area contributed by atoms with Crippen LogP contribution >= 0.6 is 0 Å². The summed E-state index contributed by atoms with van der Waals surface area (Å²) in [6.45, 7) is 1.73. The first-order valence-electron chi connectivity index (χ1n) is 6.26. The van der Waals surface area contributed by atoms with Crippen LogP contribution in [0.3, 0.4) is 0 Å². The Balaban J connectivity index is 1.86. The smallest absolute Gasteiger partial charge is 0.109 e. The minimum atomic E-state index is 0.172. The van der Waals surface area contributed by atoms with Gasteiger partial charge in [-0.05, 0) is 36.8 Å². The first kappa shape index (κ1) is 10.3. The fourth-order valence-electron chi connectivity index (χ4n) is 2.74. The predicted molar refractivity (Wildman–Crippen MR) is 62.4 cm³/mol. The van der Waals surface area contributed by atoms with Crippen LogP contribution in [0.4, 0.5) is 0 Å². The van der Waals surface area contributed by atoms with Crippen molar-refractivity contribution in [1.82, 2.24) is 0 Å². The van der Waals surface area contributed by atoms with Crippen LogP contribution in [0.5, 0.6) is 0 Å². The van der Waals surface area contributed by atoms with E-state index in [1.165, 1.54) is 24.0 Å². The minimum absolute atomic E-state index is 0.172. The van der Waals surface area contributed by atoms with Crippen molar-refractivity contribution in [2.75, 3.05) is 13.2 Å². The molecule has 2 heteroatoms. The van der Waals surface area contributed by atoms with Gasteiger partial charge in [0.2, 0.25) is 0 Å². The van der Waals surface area contributed by atoms with Gasteiger partial charge in [-0.25, -0.2) is 0 Å². The Kier molecular flexibility index (Phi) is 2.94. The summed E-state index contributed by atoms with van der Waals surface area (Å²) in [5.41, 5.74) is 2.79. The minimum Gasteiger partial charge on any atom is -0.375 e. The lowest BCUT2D eigenvalue weighted by atomic mass is 9.91. The number of benzene rings is 1. The third kappa shape index (κ3) is 1.87. The molecule has 1 aromatic rings. The molecule has 2 atom stereocenters. The molecule has 1 saturated heterocycles. The van der Waals surface area contributed by atoms with Crippen LogP contribution < -0.4 is 0 Å². The summed E-state index contributed by atoms with van der Waals surface area (Å²) in [6.07, 6.45) is 5.09. The monoisotopic (exact) mass is 218 g/mol. The molecule has 1 aromatic carbocycles. The predicted octanol–water partition coefficient (Wildman–Crippen LogP) is 2.87. The maximum absolute atomic E-state index is 5.92. The Labute approximate surface area is 96.6 Å². The summed E-state index contributed by atoms with van der Waals surface area (Å²) in [5, 5.41) is 0. The van der Waals surface area contributed by atoms with Gasteiger partial charge in [0.15, 0.2) is 0 Å². The summed E-state index contributed by atoms with van der Waals surface area (Å²) >= 11 is 0. The van der Waals surface area contributed by atoms with E-state index >= 15 is 0 Å². The van der Waals surface area contributed by atoms with Gasteiger partial charge >= 0.3 is 0 Å². The molecule has 86 valence electrons. The van der Waals surface area contributed by atoms with Gasteiger partial charge in [-0.15, -0.1) is 0 Å². The molecule has 0 bridgehead atoms. The molecule has 2 aliphatic heterocycles. The Morgan fingerprint density at radius 2 is 1.94 bits per heavy atom. The summed E-state index contributed by atoms with van der Waals surface area (Å²) in [5.74, 6) is 0. The molecular formula is C14H18O2. The van der Waals surface area contributed by atoms with Gasteiger partial charge < -0.3 is 9.47 Å². The third-order valence-corrected chi connectivity index (χ3v) is 3.58. The highest BCUT2D eigenvalue weighted by Gasteiger charge is 2.30. The lowest BCUT2D eigenvalue weighted by Gasteiger charge is -2.34. The second-order valence-electron chi connectivity index (χ2n) is 4.65. The van der Waals surface area contributed by atoms with Gasteiger partial charge in [0.1, 0.15) is 6.10 Å². The van der Waals surface area contributed by atoms with E-state index in [2.05, 4.69) is 24.3 Å². The van der Waals surface area contributed by atoms with Crippen molar-refractivity contribution in [3.63, 3.8) is 0 Å². The van der Waals surface area contributed by atoms with Crippen LogP contribution in [0.25, 0.3) is 0 Å². The largest absolute Gasteiger partial charge is 0.375 e. The van der Waals surface area contributed by atoms with Crippen molar-refractivity contribution >= 4 is 0 Å². The van der Waals surface area contributed by atoms with Crippen molar-refractivity contribution in [2.24, 2.45) is 0 Å². The summed E-state index contributed by atoms with van der Waals surface area (Å²) in [6, 6.07) is 8.62. The van der Waals surface area contributed by atoms with Crippen LogP contribution in [0.2, 0.25) is 0 Å². The molecule has 0 radical (unpaired) electrons. The van der Waals surface area contributed by atoms with Gasteiger partial charge in [-0.2, -0.15) is 0 Å². The molecule has 3 rings (SSSR count). The molecule has 0 aromatic heterocycles. The lowest BCUT2D eigenvalue weighted by Crippen LogP contribution is -2.31. The molecule has 0 spiro atoms. The van der Waals surface area contributed by atoms with E-state index in [1.54, 1.807) is 0 Å². The SMILES string of the molecule is c1ccc2c(c1)CCOC2C1CCCCO1. The Morgan fingerprint density at radius 1 is 1.00 bits per heavy atom. The van der Waals surface area contributed by atoms with E-state index in [0.717, 1.165) is 26.1 Å². The molecule has 0 amide bonds. The van der Waals surface area contributed by atoms with E-state index in [4.69, 9.17) is 9.47 Å². The average Bonchev–Trinajstić information content (AvgIpc) is 2.39. The number of hydrogen-bond donors (Lipinski definition) is 0. The number of ether oxygens (including phenoxy) is 2. The second kappa shape index (κ2) is 4.56. The maximum atomic E-state index is 5.92. The van der Waals surface area contributed by atoms with Gasteiger partial charge in [-0.1, -0.05) is 24.3 Å². The summed E-state index contributed by atoms with van der Waals surface area (Å²) in [4.78, 5) is 0. The van der Waals surface area contributed by atoms with Crippen LogP contribution in [0.15, 0.2) is 24.3 Å². The zero-order valence-electron chi connectivity index (χ0n) is 9.52. The molecule has 2 unspecified atom stereocenters. The Hall–Kier alpha value is -0.860. The normalized spacial score (nSPS) is 29.8. The first-order chi connectivity index (χ1) is 7.95. The molecule has 2 nitrogen and oxygen atoms in total. The van der Waals surface area contributed by atoms with Crippen molar-refractivity contribution in [2.45, 2.75) is 37.9 Å². The van der Waals surface area contributed by atoms with Crippen LogP contribution in [-0.2, 0) is 15.9 Å². The van der Waals surface area contributed by atoms with Gasteiger partial charge in [0.05, 0.1) is 12.7 Å². The average molecular weight is 218 g/mol. The number of fused-ring (bicyclic) bond motifs is 1. The van der Waals surface area contributed by atoms with E-state index in [-0.39, 0.29) is 12.2 Å². The quantitative estimate of drug-likeness (QED) is 0.721. The van der Waals surface area contributed by atoms with Gasteiger partial charge in [0, 0.05) is 6.61 Å². The summed E-state index contributed by atoms with van der Waals surface area (Å²) in [7, 11) is 0. The number of hydrogen-bond acceptors (Lipinski definition) is 2. The van der Waals surface area contributed by atoms with Crippen molar-refractivity contribution in [1.29, 1.82) is 0 Å². The summed E-state index contributed by atoms with van der Waals surface area (Å²) < 4.78 is 11.8. The topological polar surface area (TPSA) is 18.5 Å². The molecule has 2 heterocycles. The van der Waals surface area contributed by atoms with E-state index in [1.807, 2.05) is 0 Å². The maximum Gasteiger partial charge on any atom is 0.109 e. The highest BCUT2D eigenvalue weighted by atomic mass is 16.5. The van der Waals surface area contributed by atoms with Crippen LogP contribution in [-0.4, -0.2) is 19.3 Å².